The van der Waals surface area contributed by atoms with Crippen LogP contribution in [0.4, 0.5) is 5.69 Å². The van der Waals surface area contributed by atoms with Gasteiger partial charge in [0.05, 0.1) is 11.7 Å². The van der Waals surface area contributed by atoms with E-state index < -0.39 is 0 Å². The van der Waals surface area contributed by atoms with E-state index in [1.807, 2.05) is 37.4 Å². The van der Waals surface area contributed by atoms with E-state index in [0.717, 1.165) is 17.2 Å². The first-order chi connectivity index (χ1) is 9.29. The van der Waals surface area contributed by atoms with Crippen LogP contribution in [0, 0.1) is 0 Å². The number of hydrogen-bond acceptors (Lipinski definition) is 3. The molecule has 0 aliphatic carbocycles. The molecule has 2 atom stereocenters. The highest BCUT2D eigenvalue weighted by atomic mass is 16.5. The third-order valence-electron chi connectivity index (χ3n) is 3.63. The van der Waals surface area contributed by atoms with Gasteiger partial charge in [0, 0.05) is 11.6 Å². The van der Waals surface area contributed by atoms with Crippen molar-refractivity contribution < 1.29 is 4.74 Å². The molecule has 0 fully saturated rings. The Morgan fingerprint density at radius 3 is 2.53 bits per heavy atom. The second-order valence-electron chi connectivity index (χ2n) is 4.84. The maximum absolute atomic E-state index is 6.04. The fourth-order valence-electron chi connectivity index (χ4n) is 2.43. The summed E-state index contributed by atoms with van der Waals surface area (Å²) in [4.78, 5) is 0. The van der Waals surface area contributed by atoms with E-state index in [4.69, 9.17) is 4.74 Å². The molecule has 3 heteroatoms. The molecule has 0 radical (unpaired) electrons. The van der Waals surface area contributed by atoms with Crippen LogP contribution in [0.1, 0.15) is 18.5 Å². The fourth-order valence-corrected chi connectivity index (χ4v) is 2.43. The summed E-state index contributed by atoms with van der Waals surface area (Å²) in [6.45, 7) is 2.17. The van der Waals surface area contributed by atoms with Gasteiger partial charge in [0.15, 0.2) is 5.75 Å². The number of ether oxygens (including phenoxy) is 1. The number of rotatable bonds is 2. The Morgan fingerprint density at radius 2 is 1.74 bits per heavy atom. The van der Waals surface area contributed by atoms with E-state index in [9.17, 15) is 0 Å². The third-order valence-corrected chi connectivity index (χ3v) is 3.63. The lowest BCUT2D eigenvalue weighted by Crippen LogP contribution is -2.33. The number of benzene rings is 2. The van der Waals surface area contributed by atoms with Crippen molar-refractivity contribution in [2.24, 2.45) is 0 Å². The van der Waals surface area contributed by atoms with Gasteiger partial charge in [0.25, 0.3) is 0 Å². The van der Waals surface area contributed by atoms with Gasteiger partial charge in [-0.05, 0) is 32.2 Å². The van der Waals surface area contributed by atoms with Gasteiger partial charge in [-0.15, -0.1) is 0 Å². The summed E-state index contributed by atoms with van der Waals surface area (Å²) in [7, 11) is 1.98. The standard InChI is InChI=1S/C16H18N2O/c1-11(17-2)16-12-7-3-5-9-14(12)19-15-10-6-4-8-13(15)18-16/h3-11,16-18H,1-2H3. The van der Waals surface area contributed by atoms with Crippen LogP contribution in [0.15, 0.2) is 48.5 Å². The van der Waals surface area contributed by atoms with Gasteiger partial charge < -0.3 is 15.4 Å². The Morgan fingerprint density at radius 1 is 1.05 bits per heavy atom. The zero-order valence-electron chi connectivity index (χ0n) is 11.2. The quantitative estimate of drug-likeness (QED) is 0.859. The molecule has 3 rings (SSSR count). The molecule has 0 aromatic heterocycles. The van der Waals surface area contributed by atoms with E-state index in [-0.39, 0.29) is 6.04 Å². The zero-order valence-corrected chi connectivity index (χ0v) is 11.2. The largest absolute Gasteiger partial charge is 0.455 e. The molecule has 1 aliphatic heterocycles. The summed E-state index contributed by atoms with van der Waals surface area (Å²) in [5, 5.41) is 6.89. The van der Waals surface area contributed by atoms with Crippen LogP contribution in [0.2, 0.25) is 0 Å². The molecule has 1 heterocycles. The normalized spacial score (nSPS) is 18.3. The minimum absolute atomic E-state index is 0.185. The Bertz CT molecular complexity index is 582. The summed E-state index contributed by atoms with van der Waals surface area (Å²) in [5.74, 6) is 1.80. The Balaban J connectivity index is 2.11. The van der Waals surface area contributed by atoms with Crippen LogP contribution in [-0.4, -0.2) is 13.1 Å². The van der Waals surface area contributed by atoms with Crippen LogP contribution >= 0.6 is 0 Å². The average molecular weight is 254 g/mol. The number of likely N-dealkylation sites (N-methyl/N-ethyl adjacent to an activating group) is 1. The lowest BCUT2D eigenvalue weighted by molar-refractivity contribution is 0.473. The molecule has 98 valence electrons. The predicted octanol–water partition coefficient (Wildman–Crippen LogP) is 3.55. The van der Waals surface area contributed by atoms with Crippen molar-refractivity contribution in [2.45, 2.75) is 19.0 Å². The first-order valence-corrected chi connectivity index (χ1v) is 6.59. The van der Waals surface area contributed by atoms with E-state index in [2.05, 4.69) is 35.8 Å². The monoisotopic (exact) mass is 254 g/mol. The summed E-state index contributed by atoms with van der Waals surface area (Å²) in [6.07, 6.45) is 0. The van der Waals surface area contributed by atoms with Crippen LogP contribution in [0.3, 0.4) is 0 Å². The minimum atomic E-state index is 0.185. The minimum Gasteiger partial charge on any atom is -0.455 e. The van der Waals surface area contributed by atoms with Gasteiger partial charge >= 0.3 is 0 Å². The topological polar surface area (TPSA) is 33.3 Å². The zero-order chi connectivity index (χ0) is 13.2. The third kappa shape index (κ3) is 2.17. The maximum Gasteiger partial charge on any atom is 0.150 e. The van der Waals surface area contributed by atoms with Crippen molar-refractivity contribution in [3.05, 3.63) is 54.1 Å². The van der Waals surface area contributed by atoms with E-state index >= 15 is 0 Å². The molecule has 0 bridgehead atoms. The van der Waals surface area contributed by atoms with Crippen molar-refractivity contribution in [1.29, 1.82) is 0 Å². The number of para-hydroxylation sites is 3. The number of nitrogens with one attached hydrogen (secondary N) is 2. The fraction of sp³-hybridized carbons (Fsp3) is 0.250. The second kappa shape index (κ2) is 4.94. The molecular weight excluding hydrogens is 236 g/mol. The molecule has 2 N–H and O–H groups in total. The number of hydrogen-bond donors (Lipinski definition) is 2. The summed E-state index contributed by atoms with van der Waals surface area (Å²) >= 11 is 0. The molecular formula is C16H18N2O. The van der Waals surface area contributed by atoms with Gasteiger partial charge in [-0.2, -0.15) is 0 Å². The number of fused-ring (bicyclic) bond motifs is 2. The van der Waals surface area contributed by atoms with Gasteiger partial charge in [-0.25, -0.2) is 0 Å². The maximum atomic E-state index is 6.04. The SMILES string of the molecule is CNC(C)C1Nc2ccccc2Oc2ccccc21. The highest BCUT2D eigenvalue weighted by Crippen LogP contribution is 2.40. The first-order valence-electron chi connectivity index (χ1n) is 6.59. The molecule has 0 saturated carbocycles. The van der Waals surface area contributed by atoms with E-state index in [0.29, 0.717) is 6.04 Å². The van der Waals surface area contributed by atoms with E-state index in [1.165, 1.54) is 5.56 Å². The van der Waals surface area contributed by atoms with Crippen LogP contribution < -0.4 is 15.4 Å². The van der Waals surface area contributed by atoms with E-state index in [1.54, 1.807) is 0 Å². The smallest absolute Gasteiger partial charge is 0.150 e. The van der Waals surface area contributed by atoms with Crippen molar-refractivity contribution in [1.82, 2.24) is 5.32 Å². The Hall–Kier alpha value is -2.00. The molecule has 2 unspecified atom stereocenters. The lowest BCUT2D eigenvalue weighted by atomic mass is 9.99. The van der Waals surface area contributed by atoms with Crippen LogP contribution in [0.5, 0.6) is 11.5 Å². The Kier molecular flexibility index (Phi) is 3.13. The number of anilines is 1. The van der Waals surface area contributed by atoms with Gasteiger partial charge in [0.2, 0.25) is 0 Å². The highest BCUT2D eigenvalue weighted by molar-refractivity contribution is 5.62. The van der Waals surface area contributed by atoms with Gasteiger partial charge in [-0.3, -0.25) is 0 Å². The summed E-state index contributed by atoms with van der Waals surface area (Å²) < 4.78 is 6.04. The lowest BCUT2D eigenvalue weighted by Gasteiger charge is -2.25. The molecule has 0 amide bonds. The molecule has 3 nitrogen and oxygen atoms in total. The molecule has 19 heavy (non-hydrogen) atoms. The molecule has 1 aliphatic rings. The molecule has 2 aromatic carbocycles. The first kappa shape index (κ1) is 12.1. The second-order valence-corrected chi connectivity index (χ2v) is 4.84. The Labute approximate surface area is 113 Å². The van der Waals surface area contributed by atoms with Crippen molar-refractivity contribution in [3.63, 3.8) is 0 Å². The van der Waals surface area contributed by atoms with Crippen molar-refractivity contribution >= 4 is 5.69 Å². The predicted molar refractivity (Wildman–Crippen MR) is 77.8 cm³/mol. The molecule has 2 aromatic rings. The highest BCUT2D eigenvalue weighted by Gasteiger charge is 2.25. The summed E-state index contributed by atoms with van der Waals surface area (Å²) in [6, 6.07) is 16.7. The van der Waals surface area contributed by atoms with Crippen LogP contribution in [0.25, 0.3) is 0 Å². The van der Waals surface area contributed by atoms with Gasteiger partial charge in [0.1, 0.15) is 5.75 Å². The average Bonchev–Trinajstić information content (AvgIpc) is 2.62. The molecule has 0 saturated heterocycles. The summed E-state index contributed by atoms with van der Waals surface area (Å²) in [5.41, 5.74) is 2.21. The van der Waals surface area contributed by atoms with Crippen molar-refractivity contribution in [2.75, 3.05) is 12.4 Å². The molecule has 0 spiro atoms. The van der Waals surface area contributed by atoms with Crippen molar-refractivity contribution in [3.8, 4) is 11.5 Å². The van der Waals surface area contributed by atoms with Crippen LogP contribution in [-0.2, 0) is 0 Å². The van der Waals surface area contributed by atoms with Gasteiger partial charge in [-0.1, -0.05) is 30.3 Å².